The Morgan fingerprint density at radius 3 is 2.44 bits per heavy atom. The molecular formula is C15H18O3. The van der Waals surface area contributed by atoms with E-state index in [0.29, 0.717) is 6.61 Å². The van der Waals surface area contributed by atoms with Crippen LogP contribution in [0, 0.1) is 5.92 Å². The molecule has 2 rings (SSSR count). The lowest BCUT2D eigenvalue weighted by molar-refractivity contribution is -0.144. The lowest BCUT2D eigenvalue weighted by Crippen LogP contribution is -2.21. The van der Waals surface area contributed by atoms with Crippen LogP contribution >= 0.6 is 0 Å². The first kappa shape index (κ1) is 12.8. The van der Waals surface area contributed by atoms with Gasteiger partial charge in [-0.25, -0.2) is 0 Å². The van der Waals surface area contributed by atoms with Crippen molar-refractivity contribution in [1.82, 2.24) is 0 Å². The van der Waals surface area contributed by atoms with Gasteiger partial charge in [-0.1, -0.05) is 30.3 Å². The minimum atomic E-state index is -0.984. The molecule has 0 saturated heterocycles. The number of hydrogen-bond acceptors (Lipinski definition) is 3. The summed E-state index contributed by atoms with van der Waals surface area (Å²) in [6, 6.07) is 9.66. The fourth-order valence-corrected chi connectivity index (χ4v) is 2.31. The maximum absolute atomic E-state index is 11.9. The van der Waals surface area contributed by atoms with Gasteiger partial charge >= 0.3 is 5.97 Å². The first-order valence-corrected chi connectivity index (χ1v) is 6.15. The smallest absolute Gasteiger partial charge is 0.317 e. The van der Waals surface area contributed by atoms with E-state index in [1.807, 2.05) is 30.3 Å². The molecule has 0 heterocycles. The van der Waals surface area contributed by atoms with E-state index in [1.54, 1.807) is 20.8 Å². The molecule has 1 aliphatic carbocycles. The summed E-state index contributed by atoms with van der Waals surface area (Å²) < 4.78 is 5.05. The van der Waals surface area contributed by atoms with Crippen molar-refractivity contribution in [2.45, 2.75) is 26.4 Å². The van der Waals surface area contributed by atoms with E-state index >= 15 is 0 Å². The minimum Gasteiger partial charge on any atom is -0.465 e. The van der Waals surface area contributed by atoms with Crippen LogP contribution in [0.3, 0.4) is 0 Å². The molecule has 1 aromatic rings. The Labute approximate surface area is 107 Å². The zero-order chi connectivity index (χ0) is 13.3. The van der Waals surface area contributed by atoms with Crippen LogP contribution in [0.2, 0.25) is 0 Å². The Balaban J connectivity index is 2.30. The topological polar surface area (TPSA) is 46.5 Å². The van der Waals surface area contributed by atoms with Gasteiger partial charge < -0.3 is 9.84 Å². The zero-order valence-electron chi connectivity index (χ0n) is 10.9. The maximum atomic E-state index is 11.9. The molecule has 0 radical (unpaired) electrons. The summed E-state index contributed by atoms with van der Waals surface area (Å²) in [5, 5.41) is 10.1. The number of ether oxygens (including phenoxy) is 1. The van der Waals surface area contributed by atoms with Crippen molar-refractivity contribution >= 4 is 11.5 Å². The Morgan fingerprint density at radius 1 is 1.33 bits per heavy atom. The third-order valence-electron chi connectivity index (χ3n) is 3.05. The van der Waals surface area contributed by atoms with Crippen LogP contribution < -0.4 is 0 Å². The van der Waals surface area contributed by atoms with Gasteiger partial charge in [0.1, 0.15) is 5.92 Å². The van der Waals surface area contributed by atoms with Crippen molar-refractivity contribution in [3.63, 3.8) is 0 Å². The molecule has 3 nitrogen and oxygen atoms in total. The molecule has 1 aliphatic rings. The highest BCUT2D eigenvalue weighted by Crippen LogP contribution is 2.52. The summed E-state index contributed by atoms with van der Waals surface area (Å²) in [7, 11) is 0. The molecule has 96 valence electrons. The Kier molecular flexibility index (Phi) is 3.26. The molecule has 0 bridgehead atoms. The van der Waals surface area contributed by atoms with Crippen molar-refractivity contribution in [3.8, 4) is 0 Å². The molecule has 1 aromatic carbocycles. The van der Waals surface area contributed by atoms with Gasteiger partial charge in [-0.3, -0.25) is 4.79 Å². The number of benzene rings is 1. The Hall–Kier alpha value is -1.61. The summed E-state index contributed by atoms with van der Waals surface area (Å²) in [4.78, 5) is 11.9. The van der Waals surface area contributed by atoms with E-state index in [-0.39, 0.29) is 11.9 Å². The van der Waals surface area contributed by atoms with Crippen LogP contribution in [-0.2, 0) is 9.53 Å². The van der Waals surface area contributed by atoms with E-state index in [9.17, 15) is 9.90 Å². The standard InChI is InChI=1S/C15H18O3/c1-4-18-14(16)12-11(13(12)15(2,3)17)10-8-6-5-7-9-10/h5-9,12,17H,4H2,1-3H3. The number of carbonyl (C=O) groups excluding carboxylic acids is 1. The molecule has 0 saturated carbocycles. The van der Waals surface area contributed by atoms with Crippen molar-refractivity contribution in [3.05, 3.63) is 41.5 Å². The molecule has 0 aliphatic heterocycles. The predicted octanol–water partition coefficient (Wildman–Crippen LogP) is 2.40. The summed E-state index contributed by atoms with van der Waals surface area (Å²) in [5.41, 5.74) is 1.67. The van der Waals surface area contributed by atoms with E-state index in [1.165, 1.54) is 0 Å². The lowest BCUT2D eigenvalue weighted by Gasteiger charge is -2.14. The third-order valence-corrected chi connectivity index (χ3v) is 3.05. The van der Waals surface area contributed by atoms with Crippen molar-refractivity contribution in [2.75, 3.05) is 6.61 Å². The zero-order valence-corrected chi connectivity index (χ0v) is 10.9. The van der Waals surface area contributed by atoms with E-state index in [2.05, 4.69) is 0 Å². The van der Waals surface area contributed by atoms with Crippen molar-refractivity contribution < 1.29 is 14.6 Å². The van der Waals surface area contributed by atoms with Gasteiger partial charge in [-0.05, 0) is 37.5 Å². The normalized spacial score (nSPS) is 18.8. The molecule has 0 aromatic heterocycles. The molecule has 1 N–H and O–H groups in total. The number of hydrogen-bond donors (Lipinski definition) is 1. The van der Waals surface area contributed by atoms with Gasteiger partial charge in [0.05, 0.1) is 12.2 Å². The number of rotatable bonds is 4. The molecule has 18 heavy (non-hydrogen) atoms. The van der Waals surface area contributed by atoms with Crippen LogP contribution in [0.15, 0.2) is 35.9 Å². The second-order valence-electron chi connectivity index (χ2n) is 4.94. The molecule has 3 heteroatoms. The number of esters is 1. The lowest BCUT2D eigenvalue weighted by atomic mass is 10.0. The van der Waals surface area contributed by atoms with Crippen LogP contribution in [-0.4, -0.2) is 23.3 Å². The summed E-state index contributed by atoms with van der Waals surface area (Å²) in [6.07, 6.45) is 0. The summed E-state index contributed by atoms with van der Waals surface area (Å²) >= 11 is 0. The van der Waals surface area contributed by atoms with Gasteiger partial charge in [0.2, 0.25) is 0 Å². The second-order valence-corrected chi connectivity index (χ2v) is 4.94. The predicted molar refractivity (Wildman–Crippen MR) is 69.8 cm³/mol. The van der Waals surface area contributed by atoms with Crippen LogP contribution in [0.5, 0.6) is 0 Å². The van der Waals surface area contributed by atoms with Crippen LogP contribution in [0.4, 0.5) is 0 Å². The fraction of sp³-hybridized carbons (Fsp3) is 0.400. The van der Waals surface area contributed by atoms with E-state index < -0.39 is 5.60 Å². The fourth-order valence-electron chi connectivity index (χ4n) is 2.31. The highest BCUT2D eigenvalue weighted by atomic mass is 16.5. The maximum Gasteiger partial charge on any atom is 0.317 e. The summed E-state index contributed by atoms with van der Waals surface area (Å²) in [5.74, 6) is -0.652. The quantitative estimate of drug-likeness (QED) is 0.830. The average molecular weight is 246 g/mol. The van der Waals surface area contributed by atoms with Gasteiger partial charge in [-0.15, -0.1) is 0 Å². The molecule has 0 spiro atoms. The SMILES string of the molecule is CCOC(=O)C1C(c2ccccc2)=C1C(C)(C)O. The van der Waals surface area contributed by atoms with Gasteiger partial charge in [0.15, 0.2) is 0 Å². The minimum absolute atomic E-state index is 0.270. The third kappa shape index (κ3) is 2.31. The second kappa shape index (κ2) is 4.58. The van der Waals surface area contributed by atoms with Crippen LogP contribution in [0.1, 0.15) is 26.3 Å². The molecular weight excluding hydrogens is 228 g/mol. The van der Waals surface area contributed by atoms with Gasteiger partial charge in [0, 0.05) is 0 Å². The summed E-state index contributed by atoms with van der Waals surface area (Å²) in [6.45, 7) is 5.54. The average Bonchev–Trinajstić information content (AvgIpc) is 3.05. The van der Waals surface area contributed by atoms with Gasteiger partial charge in [-0.2, -0.15) is 0 Å². The highest BCUT2D eigenvalue weighted by molar-refractivity contribution is 6.05. The molecule has 0 fully saturated rings. The highest BCUT2D eigenvalue weighted by Gasteiger charge is 2.50. The van der Waals surface area contributed by atoms with Gasteiger partial charge in [0.25, 0.3) is 0 Å². The van der Waals surface area contributed by atoms with Crippen molar-refractivity contribution in [2.24, 2.45) is 5.92 Å². The monoisotopic (exact) mass is 246 g/mol. The largest absolute Gasteiger partial charge is 0.465 e. The number of carbonyl (C=O) groups is 1. The first-order valence-electron chi connectivity index (χ1n) is 6.15. The Bertz CT molecular complexity index is 480. The van der Waals surface area contributed by atoms with Crippen molar-refractivity contribution in [1.29, 1.82) is 0 Å². The Morgan fingerprint density at radius 2 is 1.94 bits per heavy atom. The molecule has 1 atom stereocenters. The van der Waals surface area contributed by atoms with E-state index in [4.69, 9.17) is 4.74 Å². The van der Waals surface area contributed by atoms with E-state index in [0.717, 1.165) is 16.7 Å². The molecule has 1 unspecified atom stereocenters. The number of aliphatic hydroxyl groups is 1. The first-order chi connectivity index (χ1) is 8.46. The van der Waals surface area contributed by atoms with Crippen LogP contribution in [0.25, 0.3) is 5.57 Å². The molecule has 0 amide bonds.